The number of amides is 2. The Morgan fingerprint density at radius 1 is 1.10 bits per heavy atom. The molecule has 1 aliphatic carbocycles. The van der Waals surface area contributed by atoms with Crippen LogP contribution in [0.15, 0.2) is 24.3 Å². The van der Waals surface area contributed by atoms with Crippen LogP contribution >= 0.6 is 0 Å². The van der Waals surface area contributed by atoms with Crippen LogP contribution in [-0.2, 0) is 0 Å². The largest absolute Gasteiger partial charge is 0.350 e. The molecule has 1 atom stereocenters. The molecule has 4 heteroatoms. The van der Waals surface area contributed by atoms with Gasteiger partial charge in [-0.3, -0.25) is 9.59 Å². The lowest BCUT2D eigenvalue weighted by atomic mass is 10.1. The summed E-state index contributed by atoms with van der Waals surface area (Å²) >= 11 is 0. The Kier molecular flexibility index (Phi) is 5.37. The molecule has 0 radical (unpaired) electrons. The topological polar surface area (TPSA) is 58.2 Å². The molecule has 1 aromatic carbocycles. The molecule has 2 rings (SSSR count). The first-order valence-corrected chi connectivity index (χ1v) is 7.82. The fourth-order valence-electron chi connectivity index (χ4n) is 2.52. The number of benzene rings is 1. The second kappa shape index (κ2) is 7.25. The third-order valence-electron chi connectivity index (χ3n) is 4.09. The number of rotatable bonds is 5. The van der Waals surface area contributed by atoms with Gasteiger partial charge in [0, 0.05) is 23.2 Å². The van der Waals surface area contributed by atoms with E-state index >= 15 is 0 Å². The third kappa shape index (κ3) is 4.31. The zero-order chi connectivity index (χ0) is 15.2. The van der Waals surface area contributed by atoms with E-state index in [0.29, 0.717) is 17.2 Å². The summed E-state index contributed by atoms with van der Waals surface area (Å²) in [5.41, 5.74) is 1.20. The summed E-state index contributed by atoms with van der Waals surface area (Å²) in [5.74, 6) is -0.136. The molecule has 2 amide bonds. The van der Waals surface area contributed by atoms with Gasteiger partial charge in [-0.05, 0) is 50.5 Å². The van der Waals surface area contributed by atoms with Crippen LogP contribution < -0.4 is 10.6 Å². The number of carbonyl (C=O) groups excluding carboxylic acids is 2. The summed E-state index contributed by atoms with van der Waals surface area (Å²) in [6, 6.07) is 7.32. The van der Waals surface area contributed by atoms with E-state index in [1.807, 2.05) is 13.8 Å². The molecule has 21 heavy (non-hydrogen) atoms. The lowest BCUT2D eigenvalue weighted by molar-refractivity contribution is 0.0926. The molecule has 1 fully saturated rings. The van der Waals surface area contributed by atoms with Crippen LogP contribution in [0.2, 0.25) is 0 Å². The zero-order valence-electron chi connectivity index (χ0n) is 12.8. The summed E-state index contributed by atoms with van der Waals surface area (Å²) in [4.78, 5) is 24.1. The van der Waals surface area contributed by atoms with Crippen molar-refractivity contribution in [1.29, 1.82) is 0 Å². The van der Waals surface area contributed by atoms with Crippen molar-refractivity contribution >= 4 is 11.8 Å². The maximum atomic E-state index is 12.1. The van der Waals surface area contributed by atoms with Crippen molar-refractivity contribution in [3.8, 4) is 0 Å². The minimum atomic E-state index is -0.0906. The van der Waals surface area contributed by atoms with Crippen molar-refractivity contribution in [2.75, 3.05) is 0 Å². The molecular weight excluding hydrogens is 264 g/mol. The van der Waals surface area contributed by atoms with Crippen molar-refractivity contribution in [2.45, 2.75) is 58.0 Å². The third-order valence-corrected chi connectivity index (χ3v) is 4.09. The minimum Gasteiger partial charge on any atom is -0.350 e. The molecule has 0 aliphatic heterocycles. The molecule has 2 N–H and O–H groups in total. The molecule has 0 spiro atoms. The molecule has 0 heterocycles. The Balaban J connectivity index is 1.94. The molecule has 0 saturated heterocycles. The van der Waals surface area contributed by atoms with E-state index in [1.54, 1.807) is 24.3 Å². The lowest BCUT2D eigenvalue weighted by Gasteiger charge is -2.13. The average molecular weight is 288 g/mol. The second-order valence-electron chi connectivity index (χ2n) is 5.81. The smallest absolute Gasteiger partial charge is 0.251 e. The standard InChI is InChI=1S/C17H24N2O2/c1-3-12(2)18-16(20)13-8-10-14(11-9-13)17(21)19-15-6-4-5-7-15/h8-12,15H,3-7H2,1-2H3,(H,18,20)(H,19,21). The van der Waals surface area contributed by atoms with E-state index in [2.05, 4.69) is 10.6 Å². The number of hydrogen-bond acceptors (Lipinski definition) is 2. The SMILES string of the molecule is CCC(C)NC(=O)c1ccc(C(=O)NC2CCCC2)cc1. The van der Waals surface area contributed by atoms with Gasteiger partial charge in [0.05, 0.1) is 0 Å². The van der Waals surface area contributed by atoms with Crippen molar-refractivity contribution in [3.63, 3.8) is 0 Å². The van der Waals surface area contributed by atoms with E-state index in [-0.39, 0.29) is 17.9 Å². The highest BCUT2D eigenvalue weighted by Gasteiger charge is 2.18. The molecule has 114 valence electrons. The van der Waals surface area contributed by atoms with Crippen LogP contribution in [0, 0.1) is 0 Å². The van der Waals surface area contributed by atoms with Gasteiger partial charge in [-0.15, -0.1) is 0 Å². The van der Waals surface area contributed by atoms with E-state index in [1.165, 1.54) is 12.8 Å². The first kappa shape index (κ1) is 15.5. The highest BCUT2D eigenvalue weighted by molar-refractivity contribution is 5.98. The summed E-state index contributed by atoms with van der Waals surface area (Å²) in [6.07, 6.45) is 5.43. The first-order chi connectivity index (χ1) is 10.1. The van der Waals surface area contributed by atoms with Gasteiger partial charge >= 0.3 is 0 Å². The quantitative estimate of drug-likeness (QED) is 0.875. The average Bonchev–Trinajstić information content (AvgIpc) is 3.00. The van der Waals surface area contributed by atoms with Crippen LogP contribution in [0.1, 0.15) is 66.7 Å². The van der Waals surface area contributed by atoms with Gasteiger partial charge in [-0.2, -0.15) is 0 Å². The monoisotopic (exact) mass is 288 g/mol. The predicted octanol–water partition coefficient (Wildman–Crippen LogP) is 2.89. The zero-order valence-corrected chi connectivity index (χ0v) is 12.8. The summed E-state index contributed by atoms with van der Waals surface area (Å²) in [5, 5.41) is 5.96. The van der Waals surface area contributed by atoms with E-state index < -0.39 is 0 Å². The number of carbonyl (C=O) groups is 2. The highest BCUT2D eigenvalue weighted by Crippen LogP contribution is 2.18. The Bertz CT molecular complexity index is 490. The highest BCUT2D eigenvalue weighted by atomic mass is 16.2. The van der Waals surface area contributed by atoms with Gasteiger partial charge in [-0.1, -0.05) is 19.8 Å². The molecule has 1 aliphatic rings. The Morgan fingerprint density at radius 3 is 2.14 bits per heavy atom. The minimum absolute atomic E-state index is 0.0456. The van der Waals surface area contributed by atoms with E-state index in [0.717, 1.165) is 19.3 Å². The molecule has 0 aromatic heterocycles. The van der Waals surface area contributed by atoms with Crippen molar-refractivity contribution in [2.24, 2.45) is 0 Å². The lowest BCUT2D eigenvalue weighted by Crippen LogP contribution is -2.33. The Morgan fingerprint density at radius 2 is 1.62 bits per heavy atom. The number of hydrogen-bond donors (Lipinski definition) is 2. The summed E-state index contributed by atoms with van der Waals surface area (Å²) in [6.45, 7) is 4.00. The maximum absolute atomic E-state index is 12.1. The van der Waals surface area contributed by atoms with Gasteiger partial charge in [0.1, 0.15) is 0 Å². The van der Waals surface area contributed by atoms with Crippen LogP contribution in [0.3, 0.4) is 0 Å². The molecule has 1 aromatic rings. The van der Waals surface area contributed by atoms with Gasteiger partial charge in [0.25, 0.3) is 11.8 Å². The maximum Gasteiger partial charge on any atom is 0.251 e. The van der Waals surface area contributed by atoms with Gasteiger partial charge < -0.3 is 10.6 Å². The molecule has 1 saturated carbocycles. The molecule has 0 bridgehead atoms. The van der Waals surface area contributed by atoms with Gasteiger partial charge in [0.2, 0.25) is 0 Å². The second-order valence-corrected chi connectivity index (χ2v) is 5.81. The Labute approximate surface area is 126 Å². The van der Waals surface area contributed by atoms with E-state index in [9.17, 15) is 9.59 Å². The number of nitrogens with one attached hydrogen (secondary N) is 2. The fraction of sp³-hybridized carbons (Fsp3) is 0.529. The Hall–Kier alpha value is -1.84. The van der Waals surface area contributed by atoms with Crippen molar-refractivity contribution in [1.82, 2.24) is 10.6 Å². The van der Waals surface area contributed by atoms with Crippen LogP contribution in [0.5, 0.6) is 0 Å². The molecule has 1 unspecified atom stereocenters. The summed E-state index contributed by atoms with van der Waals surface area (Å²) < 4.78 is 0. The first-order valence-electron chi connectivity index (χ1n) is 7.82. The predicted molar refractivity (Wildman–Crippen MR) is 83.4 cm³/mol. The van der Waals surface area contributed by atoms with E-state index in [4.69, 9.17) is 0 Å². The van der Waals surface area contributed by atoms with Crippen LogP contribution in [0.25, 0.3) is 0 Å². The van der Waals surface area contributed by atoms with Crippen LogP contribution in [-0.4, -0.2) is 23.9 Å². The molecular formula is C17H24N2O2. The van der Waals surface area contributed by atoms with Crippen molar-refractivity contribution in [3.05, 3.63) is 35.4 Å². The van der Waals surface area contributed by atoms with Crippen LogP contribution in [0.4, 0.5) is 0 Å². The van der Waals surface area contributed by atoms with Gasteiger partial charge in [0.15, 0.2) is 0 Å². The normalized spacial score (nSPS) is 16.5. The van der Waals surface area contributed by atoms with Gasteiger partial charge in [-0.25, -0.2) is 0 Å². The summed E-state index contributed by atoms with van der Waals surface area (Å²) in [7, 11) is 0. The fourth-order valence-corrected chi connectivity index (χ4v) is 2.52. The molecule has 4 nitrogen and oxygen atoms in total. The van der Waals surface area contributed by atoms with Crippen molar-refractivity contribution < 1.29 is 9.59 Å².